The van der Waals surface area contributed by atoms with E-state index in [2.05, 4.69) is 18.2 Å². The number of benzene rings is 1. The predicted molar refractivity (Wildman–Crippen MR) is 49.5 cm³/mol. The maximum atomic E-state index is 5.06. The van der Waals surface area contributed by atoms with Gasteiger partial charge in [0.1, 0.15) is 6.61 Å². The van der Waals surface area contributed by atoms with Crippen LogP contribution in [0.4, 0.5) is 0 Å². The summed E-state index contributed by atoms with van der Waals surface area (Å²) in [6.07, 6.45) is 5.80. The van der Waals surface area contributed by atoms with Crippen LogP contribution in [0.1, 0.15) is 5.56 Å². The van der Waals surface area contributed by atoms with E-state index in [9.17, 15) is 0 Å². The highest BCUT2D eigenvalue weighted by atomic mass is 16.5. The van der Waals surface area contributed by atoms with E-state index in [1.807, 2.05) is 24.3 Å². The van der Waals surface area contributed by atoms with Crippen molar-refractivity contribution in [1.29, 1.82) is 0 Å². The molecule has 0 unspecified atom stereocenters. The maximum Gasteiger partial charge on any atom is 0.106 e. The lowest BCUT2D eigenvalue weighted by molar-refractivity contribution is 0.287. The number of allylic oxidation sites excluding steroid dienone is 2. The molecule has 0 amide bonds. The van der Waals surface area contributed by atoms with Crippen molar-refractivity contribution >= 4 is 5.57 Å². The van der Waals surface area contributed by atoms with E-state index in [0.717, 1.165) is 0 Å². The van der Waals surface area contributed by atoms with Crippen LogP contribution >= 0.6 is 0 Å². The highest BCUT2D eigenvalue weighted by molar-refractivity contribution is 5.74. The van der Waals surface area contributed by atoms with Crippen LogP contribution in [-0.2, 0) is 4.74 Å². The summed E-state index contributed by atoms with van der Waals surface area (Å²) < 4.78 is 5.06. The lowest BCUT2D eigenvalue weighted by Gasteiger charge is -2.07. The molecule has 1 aromatic carbocycles. The molecule has 1 aliphatic rings. The molecule has 0 atom stereocenters. The first-order valence-corrected chi connectivity index (χ1v) is 4.00. The molecule has 60 valence electrons. The topological polar surface area (TPSA) is 9.23 Å². The van der Waals surface area contributed by atoms with Gasteiger partial charge >= 0.3 is 0 Å². The van der Waals surface area contributed by atoms with Gasteiger partial charge in [0.2, 0.25) is 0 Å². The van der Waals surface area contributed by atoms with E-state index in [1.165, 1.54) is 11.1 Å². The monoisotopic (exact) mass is 158 g/mol. The molecule has 2 rings (SSSR count). The van der Waals surface area contributed by atoms with Gasteiger partial charge in [-0.25, -0.2) is 0 Å². The fourth-order valence-corrected chi connectivity index (χ4v) is 1.23. The normalized spacial score (nSPS) is 15.2. The molecule has 1 aromatic rings. The van der Waals surface area contributed by atoms with E-state index < -0.39 is 0 Å². The van der Waals surface area contributed by atoms with E-state index in [1.54, 1.807) is 6.26 Å². The maximum absolute atomic E-state index is 5.06. The van der Waals surface area contributed by atoms with Crippen LogP contribution in [0.3, 0.4) is 0 Å². The first-order valence-electron chi connectivity index (χ1n) is 4.00. The summed E-state index contributed by atoms with van der Waals surface area (Å²) >= 11 is 0. The zero-order valence-electron chi connectivity index (χ0n) is 6.73. The molecule has 1 heterocycles. The molecule has 1 heteroatoms. The number of rotatable bonds is 1. The Hall–Kier alpha value is -1.50. The minimum absolute atomic E-state index is 0.681. The Labute approximate surface area is 72.0 Å². The smallest absolute Gasteiger partial charge is 0.106 e. The third kappa shape index (κ3) is 1.40. The predicted octanol–water partition coefficient (Wildman–Crippen LogP) is 2.61. The lowest BCUT2D eigenvalue weighted by atomic mass is 10.1. The van der Waals surface area contributed by atoms with Crippen LogP contribution < -0.4 is 0 Å². The van der Waals surface area contributed by atoms with Gasteiger partial charge in [-0.1, -0.05) is 30.3 Å². The van der Waals surface area contributed by atoms with E-state index in [-0.39, 0.29) is 0 Å². The Morgan fingerprint density at radius 2 is 1.92 bits per heavy atom. The quantitative estimate of drug-likeness (QED) is 0.610. The van der Waals surface area contributed by atoms with Gasteiger partial charge in [0.15, 0.2) is 0 Å². The molecule has 0 fully saturated rings. The fourth-order valence-electron chi connectivity index (χ4n) is 1.23. The average Bonchev–Trinajstić information content (AvgIpc) is 2.21. The van der Waals surface area contributed by atoms with Gasteiger partial charge in [0, 0.05) is 0 Å². The summed E-state index contributed by atoms with van der Waals surface area (Å²) in [5.74, 6) is 0. The molecule has 1 aliphatic heterocycles. The lowest BCUT2D eigenvalue weighted by Crippen LogP contribution is -1.91. The summed E-state index contributed by atoms with van der Waals surface area (Å²) in [7, 11) is 0. The first-order chi connectivity index (χ1) is 5.97. The van der Waals surface area contributed by atoms with Gasteiger partial charge in [0.25, 0.3) is 0 Å². The molecular formula is C11H10O. The van der Waals surface area contributed by atoms with Crippen molar-refractivity contribution in [3.05, 3.63) is 54.3 Å². The van der Waals surface area contributed by atoms with Crippen LogP contribution in [0.2, 0.25) is 0 Å². The second-order valence-corrected chi connectivity index (χ2v) is 2.66. The van der Waals surface area contributed by atoms with Crippen LogP contribution in [-0.4, -0.2) is 6.61 Å². The second-order valence-electron chi connectivity index (χ2n) is 2.66. The number of hydrogen-bond donors (Lipinski definition) is 0. The Bertz CT molecular complexity index is 309. The Balaban J connectivity index is 2.31. The Kier molecular flexibility index (Phi) is 1.95. The van der Waals surface area contributed by atoms with Crippen molar-refractivity contribution in [2.75, 3.05) is 6.61 Å². The van der Waals surface area contributed by atoms with Crippen molar-refractivity contribution < 1.29 is 4.74 Å². The van der Waals surface area contributed by atoms with Crippen molar-refractivity contribution in [1.82, 2.24) is 0 Å². The summed E-state index contributed by atoms with van der Waals surface area (Å²) in [5.41, 5.74) is 2.49. The average molecular weight is 158 g/mol. The highest BCUT2D eigenvalue weighted by Crippen LogP contribution is 2.17. The van der Waals surface area contributed by atoms with E-state index >= 15 is 0 Å². The number of ether oxygens (including phenoxy) is 1. The van der Waals surface area contributed by atoms with Gasteiger partial charge < -0.3 is 4.74 Å². The summed E-state index contributed by atoms with van der Waals surface area (Å²) in [4.78, 5) is 0. The van der Waals surface area contributed by atoms with Crippen LogP contribution in [0, 0.1) is 0 Å². The molecule has 0 radical (unpaired) electrons. The van der Waals surface area contributed by atoms with E-state index in [0.29, 0.717) is 6.61 Å². The van der Waals surface area contributed by atoms with Gasteiger partial charge in [-0.2, -0.15) is 0 Å². The van der Waals surface area contributed by atoms with Crippen molar-refractivity contribution in [2.45, 2.75) is 0 Å². The van der Waals surface area contributed by atoms with Crippen LogP contribution in [0.15, 0.2) is 48.7 Å². The third-order valence-corrected chi connectivity index (χ3v) is 1.85. The molecule has 12 heavy (non-hydrogen) atoms. The molecule has 0 aliphatic carbocycles. The molecule has 1 nitrogen and oxygen atoms in total. The third-order valence-electron chi connectivity index (χ3n) is 1.85. The van der Waals surface area contributed by atoms with Gasteiger partial charge in [0.05, 0.1) is 6.26 Å². The Morgan fingerprint density at radius 3 is 2.58 bits per heavy atom. The second kappa shape index (κ2) is 3.26. The summed E-state index contributed by atoms with van der Waals surface area (Å²) in [6, 6.07) is 10.3. The summed E-state index contributed by atoms with van der Waals surface area (Å²) in [6.45, 7) is 0.681. The minimum atomic E-state index is 0.681. The fraction of sp³-hybridized carbons (Fsp3) is 0.0909. The zero-order chi connectivity index (χ0) is 8.23. The van der Waals surface area contributed by atoms with Gasteiger partial charge in [-0.15, -0.1) is 0 Å². The highest BCUT2D eigenvalue weighted by Gasteiger charge is 1.98. The van der Waals surface area contributed by atoms with Gasteiger partial charge in [-0.3, -0.25) is 0 Å². The van der Waals surface area contributed by atoms with Crippen LogP contribution in [0.25, 0.3) is 5.57 Å². The van der Waals surface area contributed by atoms with Crippen LogP contribution in [0.5, 0.6) is 0 Å². The largest absolute Gasteiger partial charge is 0.497 e. The Morgan fingerprint density at radius 1 is 1.08 bits per heavy atom. The minimum Gasteiger partial charge on any atom is -0.497 e. The first kappa shape index (κ1) is 7.17. The molecule has 0 saturated heterocycles. The zero-order valence-corrected chi connectivity index (χ0v) is 6.73. The summed E-state index contributed by atoms with van der Waals surface area (Å²) in [5, 5.41) is 0. The SMILES string of the molecule is C1=CC(c2ccccc2)=CCO1. The molecule has 0 spiro atoms. The van der Waals surface area contributed by atoms with Crippen molar-refractivity contribution in [3.63, 3.8) is 0 Å². The molecular weight excluding hydrogens is 148 g/mol. The van der Waals surface area contributed by atoms with Crippen molar-refractivity contribution in [2.24, 2.45) is 0 Å². The standard InChI is InChI=1S/C11H10O/c1-2-4-10(5-3-1)11-6-8-12-9-7-11/h1-8H,9H2. The van der Waals surface area contributed by atoms with E-state index in [4.69, 9.17) is 4.74 Å². The van der Waals surface area contributed by atoms with Crippen molar-refractivity contribution in [3.8, 4) is 0 Å². The molecule has 0 saturated carbocycles. The number of hydrogen-bond acceptors (Lipinski definition) is 1. The van der Waals surface area contributed by atoms with Gasteiger partial charge in [-0.05, 0) is 23.3 Å². The molecule has 0 N–H and O–H groups in total. The molecule has 0 bridgehead atoms. The molecule has 0 aromatic heterocycles.